The molecule has 1 aromatic carbocycles. The van der Waals surface area contributed by atoms with Crippen molar-refractivity contribution in [3.8, 4) is 0 Å². The van der Waals surface area contributed by atoms with E-state index in [1.165, 1.54) is 17.7 Å². The second kappa shape index (κ2) is 8.75. The molecule has 3 heteroatoms. The molecule has 0 saturated carbocycles. The zero-order chi connectivity index (χ0) is 17.4. The average molecular weight is 321 g/mol. The fourth-order valence-electron chi connectivity index (χ4n) is 2.61. The van der Waals surface area contributed by atoms with Crippen molar-refractivity contribution in [1.29, 1.82) is 0 Å². The number of aliphatic hydroxyl groups is 2. The van der Waals surface area contributed by atoms with Gasteiger partial charge in [0.2, 0.25) is 0 Å². The first-order valence-corrected chi connectivity index (χ1v) is 7.89. The number of nitrogens with one attached hydrogen (secondary N) is 1. The molecule has 0 amide bonds. The van der Waals surface area contributed by atoms with Gasteiger partial charge in [-0.2, -0.15) is 0 Å². The Balaban J connectivity index is 2.12. The summed E-state index contributed by atoms with van der Waals surface area (Å²) in [4.78, 5) is 0. The second-order valence-corrected chi connectivity index (χ2v) is 5.49. The van der Waals surface area contributed by atoms with Crippen molar-refractivity contribution in [3.63, 3.8) is 0 Å². The maximum absolute atomic E-state index is 10.3. The Kier molecular flexibility index (Phi) is 6.41. The molecule has 0 radical (unpaired) electrons. The van der Waals surface area contributed by atoms with Gasteiger partial charge in [-0.3, -0.25) is 0 Å². The number of hydrogen-bond donors (Lipinski definition) is 3. The van der Waals surface area contributed by atoms with Crippen LogP contribution in [-0.2, 0) is 6.42 Å². The van der Waals surface area contributed by atoms with Gasteiger partial charge < -0.3 is 15.5 Å². The summed E-state index contributed by atoms with van der Waals surface area (Å²) in [5.74, 6) is -0.0750. The summed E-state index contributed by atoms with van der Waals surface area (Å²) in [6.45, 7) is 8.39. The minimum absolute atomic E-state index is 0.0343. The smallest absolute Gasteiger partial charge is 0.123 e. The number of fused-ring (bicyclic) bond motifs is 1. The first-order valence-electron chi connectivity index (χ1n) is 7.89. The van der Waals surface area contributed by atoms with E-state index in [9.17, 15) is 10.2 Å². The quantitative estimate of drug-likeness (QED) is 0.530. The van der Waals surface area contributed by atoms with Crippen molar-refractivity contribution in [2.45, 2.75) is 12.5 Å². The number of benzene rings is 1. The first-order chi connectivity index (χ1) is 11.6. The highest BCUT2D eigenvalue weighted by atomic mass is 16.3. The zero-order valence-electron chi connectivity index (χ0n) is 13.7. The molecule has 1 heterocycles. The molecular formula is C21H23NO2. The summed E-state index contributed by atoms with van der Waals surface area (Å²) in [6.07, 6.45) is 12.4. The molecule has 0 fully saturated rings. The Morgan fingerprint density at radius 2 is 1.88 bits per heavy atom. The van der Waals surface area contributed by atoms with Gasteiger partial charge in [0.1, 0.15) is 11.5 Å². The summed E-state index contributed by atoms with van der Waals surface area (Å²) in [5, 5.41) is 23.5. The fraction of sp³-hybridized carbons (Fsp3) is 0.143. The van der Waals surface area contributed by atoms with E-state index in [4.69, 9.17) is 0 Å². The van der Waals surface area contributed by atoms with Crippen LogP contribution in [0.3, 0.4) is 0 Å². The molecule has 3 N–H and O–H groups in total. The Bertz CT molecular complexity index is 723. The minimum atomic E-state index is -0.148. The van der Waals surface area contributed by atoms with Crippen molar-refractivity contribution in [3.05, 3.63) is 108 Å². The molecule has 0 aliphatic carbocycles. The van der Waals surface area contributed by atoms with Crippen molar-refractivity contribution in [2.24, 2.45) is 0 Å². The zero-order valence-corrected chi connectivity index (χ0v) is 13.7. The van der Waals surface area contributed by atoms with E-state index < -0.39 is 0 Å². The lowest BCUT2D eigenvalue weighted by Crippen LogP contribution is -2.31. The van der Waals surface area contributed by atoms with Crippen LogP contribution >= 0.6 is 0 Å². The third-order valence-electron chi connectivity index (χ3n) is 3.81. The molecule has 0 spiro atoms. The largest absolute Gasteiger partial charge is 0.508 e. The molecule has 0 bridgehead atoms. The van der Waals surface area contributed by atoms with Gasteiger partial charge in [-0.15, -0.1) is 0 Å². The highest BCUT2D eigenvalue weighted by Crippen LogP contribution is 2.30. The lowest BCUT2D eigenvalue weighted by molar-refractivity contribution is 0.388. The molecule has 2 rings (SSSR count). The van der Waals surface area contributed by atoms with Crippen molar-refractivity contribution in [1.82, 2.24) is 5.32 Å². The summed E-state index contributed by atoms with van der Waals surface area (Å²) < 4.78 is 0. The van der Waals surface area contributed by atoms with Gasteiger partial charge in [0, 0.05) is 18.2 Å². The van der Waals surface area contributed by atoms with Gasteiger partial charge in [0.05, 0.1) is 6.04 Å². The molecule has 1 aliphatic heterocycles. The molecule has 1 unspecified atom stereocenters. The topological polar surface area (TPSA) is 52.5 Å². The Morgan fingerprint density at radius 3 is 2.67 bits per heavy atom. The standard InChI is InChI=1S/C21H23NO2/c1-3-4-5-6-7-11-18(23)15-20(24)16(2)21-19-12-9-8-10-17(19)13-14-22-21/h3-12,15,21-24H,1-2,13-14H2/b5-4-,7-6-,18-11+,20-15+. The molecule has 3 nitrogen and oxygen atoms in total. The van der Waals surface area contributed by atoms with Crippen LogP contribution in [0, 0.1) is 0 Å². The highest BCUT2D eigenvalue weighted by molar-refractivity contribution is 5.43. The van der Waals surface area contributed by atoms with Crippen LogP contribution in [0.4, 0.5) is 0 Å². The summed E-state index contributed by atoms with van der Waals surface area (Å²) in [5.41, 5.74) is 2.91. The Morgan fingerprint density at radius 1 is 1.12 bits per heavy atom. The van der Waals surface area contributed by atoms with Crippen molar-refractivity contribution >= 4 is 0 Å². The maximum atomic E-state index is 10.3. The van der Waals surface area contributed by atoms with Gasteiger partial charge in [0.25, 0.3) is 0 Å². The lowest BCUT2D eigenvalue weighted by Gasteiger charge is -2.28. The molecule has 24 heavy (non-hydrogen) atoms. The third-order valence-corrected chi connectivity index (χ3v) is 3.81. The van der Waals surface area contributed by atoms with Gasteiger partial charge in [-0.05, 0) is 23.6 Å². The summed E-state index contributed by atoms with van der Waals surface area (Å²) in [7, 11) is 0. The molecule has 0 saturated heterocycles. The Hall–Kier alpha value is -2.78. The van der Waals surface area contributed by atoms with Crippen molar-refractivity contribution in [2.75, 3.05) is 6.54 Å². The second-order valence-electron chi connectivity index (χ2n) is 5.49. The fourth-order valence-corrected chi connectivity index (χ4v) is 2.61. The van der Waals surface area contributed by atoms with Crippen LogP contribution in [0.25, 0.3) is 0 Å². The van der Waals surface area contributed by atoms with Gasteiger partial charge in [-0.1, -0.05) is 67.8 Å². The third kappa shape index (κ3) is 4.61. The van der Waals surface area contributed by atoms with Crippen molar-refractivity contribution < 1.29 is 10.2 Å². The number of allylic oxidation sites excluding steroid dienone is 7. The number of rotatable bonds is 6. The Labute approximate surface area is 143 Å². The molecule has 0 aromatic heterocycles. The van der Waals surface area contributed by atoms with E-state index in [0.717, 1.165) is 18.5 Å². The van der Waals surface area contributed by atoms with Crippen LogP contribution < -0.4 is 5.32 Å². The number of hydrogen-bond acceptors (Lipinski definition) is 3. The van der Waals surface area contributed by atoms with E-state index >= 15 is 0 Å². The van der Waals surface area contributed by atoms with Gasteiger partial charge in [-0.25, -0.2) is 0 Å². The normalized spacial score (nSPS) is 18.8. The average Bonchev–Trinajstić information content (AvgIpc) is 2.60. The van der Waals surface area contributed by atoms with E-state index in [1.54, 1.807) is 30.4 Å². The van der Waals surface area contributed by atoms with E-state index in [2.05, 4.69) is 24.5 Å². The summed E-state index contributed by atoms with van der Waals surface area (Å²) in [6, 6.07) is 7.98. The molecule has 1 aromatic rings. The van der Waals surface area contributed by atoms with Gasteiger partial charge in [0.15, 0.2) is 0 Å². The van der Waals surface area contributed by atoms with Crippen LogP contribution in [0.1, 0.15) is 17.2 Å². The molecule has 1 aliphatic rings. The van der Waals surface area contributed by atoms with Crippen LogP contribution in [-0.4, -0.2) is 16.8 Å². The number of aliphatic hydroxyl groups excluding tert-OH is 2. The first kappa shape index (κ1) is 17.6. The van der Waals surface area contributed by atoms with E-state index in [1.807, 2.05) is 18.2 Å². The lowest BCUT2D eigenvalue weighted by atomic mass is 9.89. The summed E-state index contributed by atoms with van der Waals surface area (Å²) >= 11 is 0. The SMILES string of the molecule is C=C\C=C/C=C\C=C(O)/C=C(/O)C(=C)C1NCCc2ccccc21. The minimum Gasteiger partial charge on any atom is -0.508 e. The van der Waals surface area contributed by atoms with Crippen LogP contribution in [0.5, 0.6) is 0 Å². The molecule has 1 atom stereocenters. The van der Waals surface area contributed by atoms with Crippen LogP contribution in [0.2, 0.25) is 0 Å². The van der Waals surface area contributed by atoms with Gasteiger partial charge >= 0.3 is 0 Å². The van der Waals surface area contributed by atoms with E-state index in [-0.39, 0.29) is 17.6 Å². The monoisotopic (exact) mass is 321 g/mol. The van der Waals surface area contributed by atoms with Crippen LogP contribution in [0.15, 0.2) is 97.0 Å². The van der Waals surface area contributed by atoms with E-state index in [0.29, 0.717) is 5.57 Å². The molecular weight excluding hydrogens is 298 g/mol. The predicted molar refractivity (Wildman–Crippen MR) is 99.9 cm³/mol. The molecule has 124 valence electrons. The highest BCUT2D eigenvalue weighted by Gasteiger charge is 2.23. The maximum Gasteiger partial charge on any atom is 0.123 e. The predicted octanol–water partition coefficient (Wildman–Crippen LogP) is 4.61.